The summed E-state index contributed by atoms with van der Waals surface area (Å²) in [7, 11) is -3.26. The summed E-state index contributed by atoms with van der Waals surface area (Å²) in [6.45, 7) is 10.7. The zero-order chi connectivity index (χ0) is 27.5. The van der Waals surface area contributed by atoms with Gasteiger partial charge in [0.15, 0.2) is 9.84 Å². The van der Waals surface area contributed by atoms with E-state index < -0.39 is 27.6 Å². The third-order valence-corrected chi connectivity index (χ3v) is 8.16. The summed E-state index contributed by atoms with van der Waals surface area (Å²) < 4.78 is 37.8. The van der Waals surface area contributed by atoms with Gasteiger partial charge in [0.25, 0.3) is 5.91 Å². The smallest absolute Gasteiger partial charge is 0.254 e. The molecule has 37 heavy (non-hydrogen) atoms. The zero-order valence-electron chi connectivity index (χ0n) is 22.5. The number of halogens is 1. The maximum absolute atomic E-state index is 14.4. The van der Waals surface area contributed by atoms with Crippen LogP contribution in [0.4, 0.5) is 10.1 Å². The summed E-state index contributed by atoms with van der Waals surface area (Å²) in [6, 6.07) is 10.4. The van der Waals surface area contributed by atoms with Crippen LogP contribution in [0.5, 0.6) is 0 Å². The van der Waals surface area contributed by atoms with Crippen molar-refractivity contribution in [2.45, 2.75) is 69.9 Å². The Kier molecular flexibility index (Phi) is 8.67. The molecular weight excluding hydrogens is 493 g/mol. The number of hydrogen-bond acceptors (Lipinski definition) is 5. The fourth-order valence-electron chi connectivity index (χ4n) is 4.48. The Balaban J connectivity index is 1.65. The van der Waals surface area contributed by atoms with E-state index in [1.165, 1.54) is 12.3 Å². The number of hydrogen-bond donors (Lipinski definition) is 2. The van der Waals surface area contributed by atoms with E-state index in [0.29, 0.717) is 25.9 Å². The number of carbonyl (C=O) groups excluding carboxylic acids is 2. The SMILES string of the molecule is CC(C)c1ccc(F)c(C(=O)N[C@@H](C(=O)N2CCC(C)(Nc3ccc(S(C)(=O)=O)cc3)CC2)C(C)C)c1. The summed E-state index contributed by atoms with van der Waals surface area (Å²) in [4.78, 5) is 28.4. The topological polar surface area (TPSA) is 95.6 Å². The maximum atomic E-state index is 14.4. The zero-order valence-corrected chi connectivity index (χ0v) is 23.3. The fraction of sp³-hybridized carbons (Fsp3) is 0.500. The van der Waals surface area contributed by atoms with Crippen LogP contribution >= 0.6 is 0 Å². The summed E-state index contributed by atoms with van der Waals surface area (Å²) in [5, 5.41) is 6.26. The number of amides is 2. The molecule has 0 spiro atoms. The second-order valence-electron chi connectivity index (χ2n) is 10.9. The minimum Gasteiger partial charge on any atom is -0.380 e. The lowest BCUT2D eigenvalue weighted by molar-refractivity contribution is -0.135. The summed E-state index contributed by atoms with van der Waals surface area (Å²) >= 11 is 0. The Morgan fingerprint density at radius 3 is 2.11 bits per heavy atom. The van der Waals surface area contributed by atoms with Gasteiger partial charge in [0.1, 0.15) is 11.9 Å². The number of sulfone groups is 1. The molecule has 2 aromatic rings. The second-order valence-corrected chi connectivity index (χ2v) is 12.9. The van der Waals surface area contributed by atoms with Crippen LogP contribution in [0.15, 0.2) is 47.4 Å². The lowest BCUT2D eigenvalue weighted by Crippen LogP contribution is -2.56. The van der Waals surface area contributed by atoms with Gasteiger partial charge in [0.2, 0.25) is 5.91 Å². The van der Waals surface area contributed by atoms with Gasteiger partial charge < -0.3 is 15.5 Å². The molecule has 1 aliphatic heterocycles. The molecule has 1 heterocycles. The van der Waals surface area contributed by atoms with Crippen molar-refractivity contribution in [1.82, 2.24) is 10.2 Å². The molecule has 1 fully saturated rings. The quantitative estimate of drug-likeness (QED) is 0.519. The molecule has 7 nitrogen and oxygen atoms in total. The molecule has 1 atom stereocenters. The van der Waals surface area contributed by atoms with Crippen molar-refractivity contribution in [3.63, 3.8) is 0 Å². The maximum Gasteiger partial charge on any atom is 0.254 e. The van der Waals surface area contributed by atoms with Crippen molar-refractivity contribution in [1.29, 1.82) is 0 Å². The van der Waals surface area contributed by atoms with Crippen LogP contribution in [0.25, 0.3) is 0 Å². The molecule has 3 rings (SSSR count). The van der Waals surface area contributed by atoms with Crippen LogP contribution in [-0.4, -0.2) is 56.1 Å². The van der Waals surface area contributed by atoms with Gasteiger partial charge in [-0.2, -0.15) is 0 Å². The van der Waals surface area contributed by atoms with E-state index in [1.807, 2.05) is 27.7 Å². The van der Waals surface area contributed by atoms with Crippen molar-refractivity contribution in [2.24, 2.45) is 5.92 Å². The Bertz CT molecular complexity index is 1230. The molecule has 202 valence electrons. The average molecular weight is 532 g/mol. The van der Waals surface area contributed by atoms with E-state index in [0.717, 1.165) is 11.3 Å². The second kappa shape index (κ2) is 11.2. The Labute approximate surface area is 219 Å². The molecule has 1 saturated heterocycles. The monoisotopic (exact) mass is 531 g/mol. The molecule has 9 heteroatoms. The van der Waals surface area contributed by atoms with Gasteiger partial charge in [-0.3, -0.25) is 9.59 Å². The van der Waals surface area contributed by atoms with Crippen molar-refractivity contribution < 1.29 is 22.4 Å². The van der Waals surface area contributed by atoms with Crippen LogP contribution < -0.4 is 10.6 Å². The highest BCUT2D eigenvalue weighted by molar-refractivity contribution is 7.90. The van der Waals surface area contributed by atoms with E-state index in [2.05, 4.69) is 17.6 Å². The van der Waals surface area contributed by atoms with Gasteiger partial charge in [-0.1, -0.05) is 33.8 Å². The number of piperidine rings is 1. The third kappa shape index (κ3) is 7.09. The summed E-state index contributed by atoms with van der Waals surface area (Å²) in [5.41, 5.74) is 1.34. The number of anilines is 1. The van der Waals surface area contributed by atoms with Crippen molar-refractivity contribution >= 4 is 27.3 Å². The number of rotatable bonds is 8. The van der Waals surface area contributed by atoms with Crippen LogP contribution in [0.3, 0.4) is 0 Å². The van der Waals surface area contributed by atoms with Crippen LogP contribution in [0.2, 0.25) is 0 Å². The molecule has 1 aliphatic rings. The third-order valence-electron chi connectivity index (χ3n) is 7.03. The summed E-state index contributed by atoms with van der Waals surface area (Å²) in [6.07, 6.45) is 2.53. The standard InChI is InChI=1S/C28H38FN3O4S/c1-18(2)20-7-12-24(29)23(17-20)26(33)30-25(19(3)4)27(34)32-15-13-28(5,14-16-32)31-21-8-10-22(11-9-21)37(6,35)36/h7-12,17-19,25,31H,13-16H2,1-6H3,(H,30,33)/t25-/m1/s1. The van der Waals surface area contributed by atoms with E-state index >= 15 is 0 Å². The van der Waals surface area contributed by atoms with E-state index in [1.54, 1.807) is 41.3 Å². The number of benzene rings is 2. The predicted octanol–water partition coefficient (Wildman–Crippen LogP) is 4.60. The lowest BCUT2D eigenvalue weighted by Gasteiger charge is -2.42. The minimum atomic E-state index is -3.26. The molecule has 0 aliphatic carbocycles. The number of nitrogens with zero attached hydrogens (tertiary/aromatic N) is 1. The van der Waals surface area contributed by atoms with E-state index in [-0.39, 0.29) is 33.7 Å². The van der Waals surface area contributed by atoms with Gasteiger partial charge in [-0.05, 0) is 73.6 Å². The highest BCUT2D eigenvalue weighted by Crippen LogP contribution is 2.28. The van der Waals surface area contributed by atoms with Crippen molar-refractivity contribution in [3.05, 3.63) is 59.4 Å². The van der Waals surface area contributed by atoms with E-state index in [9.17, 15) is 22.4 Å². The normalized spacial score (nSPS) is 16.5. The fourth-order valence-corrected chi connectivity index (χ4v) is 5.12. The molecular formula is C28H38FN3O4S. The molecule has 0 radical (unpaired) electrons. The number of carbonyl (C=O) groups is 2. The predicted molar refractivity (Wildman–Crippen MR) is 144 cm³/mol. The average Bonchev–Trinajstić information content (AvgIpc) is 2.82. The largest absolute Gasteiger partial charge is 0.380 e. The Morgan fingerprint density at radius 2 is 1.59 bits per heavy atom. The Hall–Kier alpha value is -2.94. The first-order valence-corrected chi connectivity index (χ1v) is 14.6. The highest BCUT2D eigenvalue weighted by atomic mass is 32.2. The lowest BCUT2D eigenvalue weighted by atomic mass is 9.88. The van der Waals surface area contributed by atoms with Crippen molar-refractivity contribution in [3.8, 4) is 0 Å². The molecule has 0 bridgehead atoms. The molecule has 2 amide bonds. The van der Waals surface area contributed by atoms with Gasteiger partial charge in [0.05, 0.1) is 10.5 Å². The first kappa shape index (κ1) is 28.6. The first-order valence-electron chi connectivity index (χ1n) is 12.7. The molecule has 2 N–H and O–H groups in total. The number of nitrogens with one attached hydrogen (secondary N) is 2. The van der Waals surface area contributed by atoms with Crippen LogP contribution in [0.1, 0.15) is 69.3 Å². The minimum absolute atomic E-state index is 0.0537. The highest BCUT2D eigenvalue weighted by Gasteiger charge is 2.36. The summed E-state index contributed by atoms with van der Waals surface area (Å²) in [5.74, 6) is -1.41. The van der Waals surface area contributed by atoms with Gasteiger partial charge in [-0.15, -0.1) is 0 Å². The van der Waals surface area contributed by atoms with E-state index in [4.69, 9.17) is 0 Å². The number of likely N-dealkylation sites (tertiary alicyclic amines) is 1. The van der Waals surface area contributed by atoms with Gasteiger partial charge in [-0.25, -0.2) is 12.8 Å². The molecule has 0 aromatic heterocycles. The first-order chi connectivity index (χ1) is 17.2. The van der Waals surface area contributed by atoms with Gasteiger partial charge in [0, 0.05) is 30.6 Å². The Morgan fingerprint density at radius 1 is 1.00 bits per heavy atom. The van der Waals surface area contributed by atoms with Gasteiger partial charge >= 0.3 is 0 Å². The molecule has 0 unspecified atom stereocenters. The van der Waals surface area contributed by atoms with Crippen molar-refractivity contribution in [2.75, 3.05) is 24.7 Å². The van der Waals surface area contributed by atoms with Crippen LogP contribution in [0, 0.1) is 11.7 Å². The molecule has 2 aromatic carbocycles. The van der Waals surface area contributed by atoms with Crippen LogP contribution in [-0.2, 0) is 14.6 Å². The molecule has 0 saturated carbocycles.